The minimum atomic E-state index is -0.0992. The molecule has 0 aromatic heterocycles. The van der Waals surface area contributed by atoms with Crippen LogP contribution in [0.15, 0.2) is 0 Å². The SMILES string of the molecule is CC(C(=O)N1CCOCC1)N1CCN(C(=O)C2CC3CCC2C3)CC1. The zero-order chi connectivity index (χ0) is 17.4. The largest absolute Gasteiger partial charge is 0.378 e. The quantitative estimate of drug-likeness (QED) is 0.757. The Bertz CT molecular complexity index is 512. The minimum absolute atomic E-state index is 0.0992. The number of hydrogen-bond donors (Lipinski definition) is 0. The summed E-state index contributed by atoms with van der Waals surface area (Å²) in [5.41, 5.74) is 0. The van der Waals surface area contributed by atoms with Crippen LogP contribution in [0.2, 0.25) is 0 Å². The molecule has 0 aromatic carbocycles. The molecular formula is C19H31N3O3. The molecule has 2 bridgehead atoms. The Kier molecular flexibility index (Phi) is 5.00. The predicted octanol–water partition coefficient (Wildman–Crippen LogP) is 0.814. The highest BCUT2D eigenvalue weighted by Crippen LogP contribution is 2.48. The van der Waals surface area contributed by atoms with Crippen LogP contribution in [0.5, 0.6) is 0 Å². The molecule has 4 atom stereocenters. The maximum Gasteiger partial charge on any atom is 0.239 e. The lowest BCUT2D eigenvalue weighted by molar-refractivity contribution is -0.143. The van der Waals surface area contributed by atoms with Gasteiger partial charge in [0, 0.05) is 45.2 Å². The van der Waals surface area contributed by atoms with Gasteiger partial charge in [0.15, 0.2) is 0 Å². The highest BCUT2D eigenvalue weighted by Gasteiger charge is 2.44. The van der Waals surface area contributed by atoms with Gasteiger partial charge in [0.05, 0.1) is 19.3 Å². The molecule has 2 aliphatic heterocycles. The molecule has 4 rings (SSSR count). The van der Waals surface area contributed by atoms with E-state index in [1.54, 1.807) is 0 Å². The van der Waals surface area contributed by atoms with Crippen molar-refractivity contribution in [3.05, 3.63) is 0 Å². The molecule has 2 heterocycles. The summed E-state index contributed by atoms with van der Waals surface area (Å²) in [5.74, 6) is 2.34. The van der Waals surface area contributed by atoms with Crippen molar-refractivity contribution in [1.29, 1.82) is 0 Å². The first-order valence-corrected chi connectivity index (χ1v) is 10.0. The van der Waals surface area contributed by atoms with Crippen LogP contribution in [0.4, 0.5) is 0 Å². The summed E-state index contributed by atoms with van der Waals surface area (Å²) in [6.45, 7) is 7.85. The average Bonchev–Trinajstić information content (AvgIpc) is 3.30. The molecule has 2 aliphatic carbocycles. The number of morpholine rings is 1. The third-order valence-corrected chi connectivity index (χ3v) is 6.91. The number of amides is 2. The van der Waals surface area contributed by atoms with Gasteiger partial charge in [-0.25, -0.2) is 0 Å². The lowest BCUT2D eigenvalue weighted by Crippen LogP contribution is -2.57. The van der Waals surface area contributed by atoms with Crippen LogP contribution in [-0.2, 0) is 14.3 Å². The van der Waals surface area contributed by atoms with Crippen LogP contribution in [0.3, 0.4) is 0 Å². The second-order valence-electron chi connectivity index (χ2n) is 8.26. The summed E-state index contributed by atoms with van der Waals surface area (Å²) in [5, 5.41) is 0. The molecular weight excluding hydrogens is 318 g/mol. The molecule has 4 unspecified atom stereocenters. The fourth-order valence-corrected chi connectivity index (χ4v) is 5.32. The van der Waals surface area contributed by atoms with Crippen molar-refractivity contribution in [3.8, 4) is 0 Å². The number of piperazine rings is 1. The van der Waals surface area contributed by atoms with Gasteiger partial charge in [-0.15, -0.1) is 0 Å². The van der Waals surface area contributed by atoms with E-state index in [0.717, 1.165) is 38.5 Å². The van der Waals surface area contributed by atoms with Gasteiger partial charge >= 0.3 is 0 Å². The molecule has 2 saturated carbocycles. The van der Waals surface area contributed by atoms with Crippen LogP contribution in [-0.4, -0.2) is 85.0 Å². The van der Waals surface area contributed by atoms with Crippen molar-refractivity contribution < 1.29 is 14.3 Å². The Labute approximate surface area is 150 Å². The Morgan fingerprint density at radius 2 is 1.64 bits per heavy atom. The highest BCUT2D eigenvalue weighted by molar-refractivity contribution is 5.82. The van der Waals surface area contributed by atoms with E-state index in [-0.39, 0.29) is 17.9 Å². The fraction of sp³-hybridized carbons (Fsp3) is 0.895. The molecule has 25 heavy (non-hydrogen) atoms. The van der Waals surface area contributed by atoms with Gasteiger partial charge < -0.3 is 14.5 Å². The molecule has 4 aliphatic rings. The molecule has 0 N–H and O–H groups in total. The second-order valence-corrected chi connectivity index (χ2v) is 8.26. The van der Waals surface area contributed by atoms with Gasteiger partial charge in [0.1, 0.15) is 0 Å². The standard InChI is InChI=1S/C19H31N3O3/c1-14(18(23)22-8-10-25-11-9-22)20-4-6-21(7-5-20)19(24)17-13-15-2-3-16(17)12-15/h14-17H,2-13H2,1H3. The molecule has 0 aromatic rings. The smallest absolute Gasteiger partial charge is 0.239 e. The van der Waals surface area contributed by atoms with E-state index in [4.69, 9.17) is 4.74 Å². The maximum atomic E-state index is 12.9. The molecule has 4 fully saturated rings. The van der Waals surface area contributed by atoms with E-state index < -0.39 is 0 Å². The monoisotopic (exact) mass is 349 g/mol. The third kappa shape index (κ3) is 3.43. The molecule has 0 radical (unpaired) electrons. The van der Waals surface area contributed by atoms with E-state index in [0.29, 0.717) is 38.1 Å². The first-order chi connectivity index (χ1) is 12.1. The number of hydrogen-bond acceptors (Lipinski definition) is 4. The topological polar surface area (TPSA) is 53.1 Å². The second kappa shape index (κ2) is 7.23. The van der Waals surface area contributed by atoms with Gasteiger partial charge in [0.2, 0.25) is 11.8 Å². The van der Waals surface area contributed by atoms with Crippen LogP contribution in [0.1, 0.15) is 32.6 Å². The third-order valence-electron chi connectivity index (χ3n) is 6.91. The Hall–Kier alpha value is -1.14. The normalized spacial score (nSPS) is 34.4. The van der Waals surface area contributed by atoms with E-state index in [1.165, 1.54) is 19.3 Å². The van der Waals surface area contributed by atoms with Crippen LogP contribution >= 0.6 is 0 Å². The van der Waals surface area contributed by atoms with Gasteiger partial charge in [-0.1, -0.05) is 6.42 Å². The van der Waals surface area contributed by atoms with Crippen molar-refractivity contribution in [3.63, 3.8) is 0 Å². The molecule has 2 saturated heterocycles. The van der Waals surface area contributed by atoms with Gasteiger partial charge in [-0.3, -0.25) is 14.5 Å². The maximum absolute atomic E-state index is 12.9. The van der Waals surface area contributed by atoms with E-state index in [2.05, 4.69) is 9.80 Å². The Morgan fingerprint density at radius 3 is 2.24 bits per heavy atom. The summed E-state index contributed by atoms with van der Waals surface area (Å²) in [6, 6.07) is -0.0992. The predicted molar refractivity (Wildman–Crippen MR) is 94.0 cm³/mol. The van der Waals surface area contributed by atoms with Crippen molar-refractivity contribution in [2.75, 3.05) is 52.5 Å². The summed E-state index contributed by atoms with van der Waals surface area (Å²) in [4.78, 5) is 31.7. The Balaban J connectivity index is 1.27. The first kappa shape index (κ1) is 17.3. The van der Waals surface area contributed by atoms with Crippen molar-refractivity contribution in [2.24, 2.45) is 17.8 Å². The zero-order valence-electron chi connectivity index (χ0n) is 15.4. The number of fused-ring (bicyclic) bond motifs is 2. The number of nitrogens with zero attached hydrogens (tertiary/aromatic N) is 3. The fourth-order valence-electron chi connectivity index (χ4n) is 5.32. The van der Waals surface area contributed by atoms with Crippen LogP contribution in [0, 0.1) is 17.8 Å². The minimum Gasteiger partial charge on any atom is -0.378 e. The first-order valence-electron chi connectivity index (χ1n) is 10.0. The van der Waals surface area contributed by atoms with Crippen LogP contribution in [0.25, 0.3) is 0 Å². The Morgan fingerprint density at radius 1 is 0.920 bits per heavy atom. The number of ether oxygens (including phenoxy) is 1. The highest BCUT2D eigenvalue weighted by atomic mass is 16.5. The van der Waals surface area contributed by atoms with Crippen LogP contribution < -0.4 is 0 Å². The summed E-state index contributed by atoms with van der Waals surface area (Å²) in [6.07, 6.45) is 4.99. The summed E-state index contributed by atoms with van der Waals surface area (Å²) in [7, 11) is 0. The molecule has 0 spiro atoms. The van der Waals surface area contributed by atoms with E-state index in [9.17, 15) is 9.59 Å². The van der Waals surface area contributed by atoms with E-state index in [1.807, 2.05) is 11.8 Å². The van der Waals surface area contributed by atoms with Gasteiger partial charge in [-0.05, 0) is 38.0 Å². The number of carbonyl (C=O) groups excluding carboxylic acids is 2. The summed E-state index contributed by atoms with van der Waals surface area (Å²) < 4.78 is 5.33. The van der Waals surface area contributed by atoms with Crippen molar-refractivity contribution in [1.82, 2.24) is 14.7 Å². The molecule has 6 nitrogen and oxygen atoms in total. The van der Waals surface area contributed by atoms with Gasteiger partial charge in [-0.2, -0.15) is 0 Å². The average molecular weight is 349 g/mol. The molecule has 2 amide bonds. The lowest BCUT2D eigenvalue weighted by atomic mass is 9.87. The van der Waals surface area contributed by atoms with E-state index >= 15 is 0 Å². The number of rotatable bonds is 3. The summed E-state index contributed by atoms with van der Waals surface area (Å²) >= 11 is 0. The van der Waals surface area contributed by atoms with Crippen molar-refractivity contribution in [2.45, 2.75) is 38.6 Å². The zero-order valence-corrected chi connectivity index (χ0v) is 15.4. The molecule has 140 valence electrons. The van der Waals surface area contributed by atoms with Gasteiger partial charge in [0.25, 0.3) is 0 Å². The number of carbonyl (C=O) groups is 2. The van der Waals surface area contributed by atoms with Crippen molar-refractivity contribution >= 4 is 11.8 Å². The molecule has 6 heteroatoms. The lowest BCUT2D eigenvalue weighted by Gasteiger charge is -2.40.